The molecule has 0 N–H and O–H groups in total. The molecule has 0 saturated carbocycles. The van der Waals surface area contributed by atoms with Gasteiger partial charge in [-0.05, 0) is 72.0 Å². The summed E-state index contributed by atoms with van der Waals surface area (Å²) in [6, 6.07) is 0. The van der Waals surface area contributed by atoms with Gasteiger partial charge in [0.1, 0.15) is 0 Å². The molecule has 0 aliphatic heterocycles. The van der Waals surface area contributed by atoms with Gasteiger partial charge in [-0.2, -0.15) is 0 Å². The van der Waals surface area contributed by atoms with Crippen molar-refractivity contribution in [3.63, 3.8) is 0 Å². The highest BCUT2D eigenvalue weighted by Crippen LogP contribution is 2.26. The lowest BCUT2D eigenvalue weighted by Crippen LogP contribution is -2.57. The van der Waals surface area contributed by atoms with Crippen LogP contribution in [0.5, 0.6) is 0 Å². The summed E-state index contributed by atoms with van der Waals surface area (Å²) >= 11 is 6.30. The molecule has 0 heterocycles. The number of rotatable bonds is 8. The molecule has 0 unspecified atom stereocenters. The number of hydrogen-bond donors (Lipinski definition) is 0. The third kappa shape index (κ3) is 12.3. The van der Waals surface area contributed by atoms with Crippen LogP contribution in [0.3, 0.4) is 0 Å². The fourth-order valence-corrected chi connectivity index (χ4v) is 25.9. The maximum atomic E-state index is 6.35. The summed E-state index contributed by atoms with van der Waals surface area (Å²) in [6.07, 6.45) is 0. The molecule has 0 rings (SSSR count). The molecule has 0 fully saturated rings. The third-order valence-electron chi connectivity index (χ3n) is 2.02. The van der Waals surface area contributed by atoms with Gasteiger partial charge >= 0.3 is 25.7 Å². The standard InChI is InChI=1S/C11H33ClO4Si5/c1-17(2,3)13-19(6,7)15-21(10,11)16-20(8,9)14-18(4,5)12/h1-11H3. The predicted molar refractivity (Wildman–Crippen MR) is 103 cm³/mol. The molecule has 0 atom stereocenters. The molecule has 0 aromatic rings. The minimum Gasteiger partial charge on any atom is -0.437 e. The second-order valence-electron chi connectivity index (χ2n) is 8.08. The predicted octanol–water partition coefficient (Wildman–Crippen LogP) is 4.93. The van der Waals surface area contributed by atoms with E-state index in [2.05, 4.69) is 45.8 Å². The average Bonchev–Trinajstić information content (AvgIpc) is 1.83. The van der Waals surface area contributed by atoms with E-state index < -0.39 is 41.6 Å². The Morgan fingerprint density at radius 3 is 1.05 bits per heavy atom. The van der Waals surface area contributed by atoms with E-state index in [1.807, 2.05) is 26.2 Å². The topological polar surface area (TPSA) is 36.9 Å². The highest BCUT2D eigenvalue weighted by Gasteiger charge is 2.44. The molecule has 0 amide bonds. The Labute approximate surface area is 141 Å². The minimum absolute atomic E-state index is 1.62. The van der Waals surface area contributed by atoms with Gasteiger partial charge in [-0.1, -0.05) is 0 Å². The first kappa shape index (κ1) is 22.2. The van der Waals surface area contributed by atoms with Crippen LogP contribution in [0, 0.1) is 0 Å². The van der Waals surface area contributed by atoms with Crippen LogP contribution in [0.4, 0.5) is 0 Å². The van der Waals surface area contributed by atoms with Gasteiger partial charge < -0.3 is 16.5 Å². The molecular weight excluding hydrogens is 372 g/mol. The van der Waals surface area contributed by atoms with Crippen LogP contribution >= 0.6 is 11.1 Å². The molecule has 0 saturated heterocycles. The highest BCUT2D eigenvalue weighted by atomic mass is 35.6. The van der Waals surface area contributed by atoms with E-state index >= 15 is 0 Å². The molecule has 0 aliphatic carbocycles. The van der Waals surface area contributed by atoms with E-state index in [0.29, 0.717) is 0 Å². The molecule has 0 aromatic heterocycles. The lowest BCUT2D eigenvalue weighted by atomic mass is 11.8. The van der Waals surface area contributed by atoms with E-state index in [1.165, 1.54) is 0 Å². The smallest absolute Gasteiger partial charge is 0.314 e. The van der Waals surface area contributed by atoms with Gasteiger partial charge in [0.15, 0.2) is 8.32 Å². The van der Waals surface area contributed by atoms with Crippen molar-refractivity contribution >= 4 is 52.7 Å². The van der Waals surface area contributed by atoms with Crippen molar-refractivity contribution < 1.29 is 16.5 Å². The summed E-state index contributed by atoms with van der Waals surface area (Å²) in [5.74, 6) is 0. The van der Waals surface area contributed by atoms with E-state index in [4.69, 9.17) is 27.5 Å². The van der Waals surface area contributed by atoms with Crippen LogP contribution in [0.15, 0.2) is 0 Å². The van der Waals surface area contributed by atoms with Crippen molar-refractivity contribution in [2.75, 3.05) is 0 Å². The molecule has 0 aromatic carbocycles. The molecule has 0 bridgehead atoms. The van der Waals surface area contributed by atoms with Gasteiger partial charge in [-0.25, -0.2) is 0 Å². The fraction of sp³-hybridized carbons (Fsp3) is 1.00. The van der Waals surface area contributed by atoms with Crippen LogP contribution in [0.2, 0.25) is 72.0 Å². The van der Waals surface area contributed by atoms with E-state index in [0.717, 1.165) is 0 Å². The van der Waals surface area contributed by atoms with Gasteiger partial charge in [0.2, 0.25) is 0 Å². The summed E-state index contributed by atoms with van der Waals surface area (Å²) in [7, 11) is -10.5. The van der Waals surface area contributed by atoms with Crippen molar-refractivity contribution in [2.45, 2.75) is 72.0 Å². The van der Waals surface area contributed by atoms with Gasteiger partial charge in [0.05, 0.1) is 0 Å². The fourth-order valence-electron chi connectivity index (χ4n) is 2.57. The van der Waals surface area contributed by atoms with Crippen molar-refractivity contribution in [1.29, 1.82) is 0 Å². The first-order valence-electron chi connectivity index (χ1n) is 7.32. The second kappa shape index (κ2) is 6.99. The first-order chi connectivity index (χ1) is 8.83. The quantitative estimate of drug-likeness (QED) is 0.424. The Kier molecular flexibility index (Phi) is 7.39. The molecule has 21 heavy (non-hydrogen) atoms. The Bertz CT molecular complexity index is 318. The zero-order chi connectivity index (χ0) is 17.3. The van der Waals surface area contributed by atoms with Crippen LogP contribution in [0.25, 0.3) is 0 Å². The molecular formula is C11H33ClO4Si5. The summed E-state index contributed by atoms with van der Waals surface area (Å²) in [4.78, 5) is 0. The van der Waals surface area contributed by atoms with Gasteiger partial charge in [0.25, 0.3) is 7.63 Å². The van der Waals surface area contributed by atoms with E-state index in [9.17, 15) is 0 Å². The van der Waals surface area contributed by atoms with Crippen molar-refractivity contribution in [3.8, 4) is 0 Å². The van der Waals surface area contributed by atoms with Crippen molar-refractivity contribution in [2.24, 2.45) is 0 Å². The van der Waals surface area contributed by atoms with Crippen LogP contribution < -0.4 is 0 Å². The molecule has 0 spiro atoms. The number of hydrogen-bond acceptors (Lipinski definition) is 4. The zero-order valence-corrected chi connectivity index (χ0v) is 21.3. The zero-order valence-electron chi connectivity index (χ0n) is 15.5. The Hall–Kier alpha value is 1.21. The lowest BCUT2D eigenvalue weighted by molar-refractivity contribution is 0.301. The average molecular weight is 405 g/mol. The molecule has 4 nitrogen and oxygen atoms in total. The largest absolute Gasteiger partial charge is 0.437 e. The van der Waals surface area contributed by atoms with E-state index in [-0.39, 0.29) is 0 Å². The van der Waals surface area contributed by atoms with Crippen LogP contribution in [-0.2, 0) is 16.5 Å². The lowest BCUT2D eigenvalue weighted by Gasteiger charge is -2.41. The SMILES string of the molecule is C[Si](C)(C)O[Si](C)(C)O[Si](C)(C)O[Si](C)(C)O[Si](C)(C)Cl. The van der Waals surface area contributed by atoms with Gasteiger partial charge in [-0.15, -0.1) is 11.1 Å². The van der Waals surface area contributed by atoms with Gasteiger partial charge in [0, 0.05) is 0 Å². The highest BCUT2D eigenvalue weighted by molar-refractivity contribution is 7.17. The summed E-state index contributed by atoms with van der Waals surface area (Å²) in [6.45, 7) is 22.9. The van der Waals surface area contributed by atoms with Crippen molar-refractivity contribution in [1.82, 2.24) is 0 Å². The first-order valence-corrected chi connectivity index (χ1v) is 23.1. The Morgan fingerprint density at radius 2 is 0.762 bits per heavy atom. The minimum atomic E-state index is -2.31. The summed E-state index contributed by atoms with van der Waals surface area (Å²) < 4.78 is 24.9. The van der Waals surface area contributed by atoms with Gasteiger partial charge in [-0.3, -0.25) is 0 Å². The monoisotopic (exact) mass is 404 g/mol. The Morgan fingerprint density at radius 1 is 0.476 bits per heavy atom. The maximum Gasteiger partial charge on any atom is 0.314 e. The van der Waals surface area contributed by atoms with E-state index in [1.54, 1.807) is 0 Å². The molecule has 128 valence electrons. The Balaban J connectivity index is 4.83. The maximum absolute atomic E-state index is 6.35. The normalized spacial score (nSPS) is 15.4. The summed E-state index contributed by atoms with van der Waals surface area (Å²) in [5, 5.41) is 0. The molecule has 10 heteroatoms. The molecule has 0 radical (unpaired) electrons. The van der Waals surface area contributed by atoms with Crippen molar-refractivity contribution in [3.05, 3.63) is 0 Å². The molecule has 0 aliphatic rings. The van der Waals surface area contributed by atoms with Crippen LogP contribution in [-0.4, -0.2) is 41.6 Å². The number of halogens is 1. The second-order valence-corrected chi connectivity index (χ2v) is 29.4. The van der Waals surface area contributed by atoms with Crippen LogP contribution in [0.1, 0.15) is 0 Å². The third-order valence-corrected chi connectivity index (χ3v) is 18.9. The summed E-state index contributed by atoms with van der Waals surface area (Å²) in [5.41, 5.74) is 0.